The summed E-state index contributed by atoms with van der Waals surface area (Å²) in [5, 5.41) is 0. The molecule has 0 spiro atoms. The summed E-state index contributed by atoms with van der Waals surface area (Å²) in [7, 11) is 0. The fourth-order valence-electron chi connectivity index (χ4n) is 7.52. The number of ether oxygens (including phenoxy) is 3. The minimum atomic E-state index is -0.800. The number of esters is 3. The maximum atomic E-state index is 12.8. The van der Waals surface area contributed by atoms with Gasteiger partial charge >= 0.3 is 17.9 Å². The van der Waals surface area contributed by atoms with Crippen molar-refractivity contribution in [3.05, 3.63) is 134 Å². The van der Waals surface area contributed by atoms with E-state index in [-0.39, 0.29) is 31.1 Å². The van der Waals surface area contributed by atoms with E-state index in [1.807, 2.05) is 0 Å². The molecular formula is C66H106O6. The first-order chi connectivity index (χ1) is 35.5. The normalized spacial score (nSPS) is 13.1. The number of unbranched alkanes of at least 4 members (excludes halogenated alkanes) is 18. The molecule has 0 aromatic carbocycles. The van der Waals surface area contributed by atoms with Gasteiger partial charge in [0.2, 0.25) is 0 Å². The molecular weight excluding hydrogens is 889 g/mol. The van der Waals surface area contributed by atoms with Crippen LogP contribution in [0.4, 0.5) is 0 Å². The van der Waals surface area contributed by atoms with Gasteiger partial charge in [0.25, 0.3) is 0 Å². The minimum Gasteiger partial charge on any atom is -0.462 e. The van der Waals surface area contributed by atoms with Crippen molar-refractivity contribution >= 4 is 17.9 Å². The van der Waals surface area contributed by atoms with Crippen LogP contribution in [0.1, 0.15) is 245 Å². The van der Waals surface area contributed by atoms with Gasteiger partial charge in [0.15, 0.2) is 6.10 Å². The van der Waals surface area contributed by atoms with Crippen molar-refractivity contribution in [1.82, 2.24) is 0 Å². The molecule has 0 aromatic heterocycles. The third-order valence-corrected chi connectivity index (χ3v) is 11.9. The van der Waals surface area contributed by atoms with E-state index in [1.54, 1.807) is 0 Å². The zero-order valence-corrected chi connectivity index (χ0v) is 46.4. The predicted molar refractivity (Wildman–Crippen MR) is 311 cm³/mol. The molecule has 0 N–H and O–H groups in total. The zero-order valence-electron chi connectivity index (χ0n) is 46.4. The Bertz CT molecular complexity index is 1560. The third kappa shape index (κ3) is 56.5. The van der Waals surface area contributed by atoms with Gasteiger partial charge < -0.3 is 14.2 Å². The van der Waals surface area contributed by atoms with E-state index in [0.29, 0.717) is 25.7 Å². The van der Waals surface area contributed by atoms with Crippen LogP contribution in [-0.2, 0) is 28.6 Å². The van der Waals surface area contributed by atoms with Crippen molar-refractivity contribution in [2.24, 2.45) is 0 Å². The molecule has 0 saturated carbocycles. The Hall–Kier alpha value is -4.45. The number of carbonyl (C=O) groups excluding carboxylic acids is 3. The standard InChI is InChI=1S/C66H106O6/c1-4-7-10-13-16-19-21-23-24-25-26-27-28-29-30-31-32-33-34-35-36-37-38-39-40-41-42-43-45-47-50-53-56-59-65(68)71-62-63(61-70-64(67)58-55-52-49-46-18-15-12-9-6-3)72-66(69)60-57-54-51-48-44-22-20-17-14-11-8-5-2/h7,10,16-17,19-20,23-24,26-27,29-30,32-33,35-36,38-39,41-42,45,47,63H,4-6,8-9,11-15,18,21-22,25,28,31,34,37,40,43-44,46,48-62H2,1-3H3/b10-7-,19-16-,20-17-,24-23-,27-26-,30-29-,33-32-,36-35-,39-38-,42-41-,47-45-. The molecule has 0 bridgehead atoms. The maximum Gasteiger partial charge on any atom is 0.306 e. The highest BCUT2D eigenvalue weighted by molar-refractivity contribution is 5.71. The Morgan fingerprint density at radius 3 is 0.917 bits per heavy atom. The summed E-state index contributed by atoms with van der Waals surface area (Å²) >= 11 is 0. The molecule has 0 rings (SSSR count). The maximum absolute atomic E-state index is 12.8. The van der Waals surface area contributed by atoms with Gasteiger partial charge in [-0.3, -0.25) is 14.4 Å². The first-order valence-electron chi connectivity index (χ1n) is 29.2. The van der Waals surface area contributed by atoms with E-state index in [2.05, 4.69) is 154 Å². The van der Waals surface area contributed by atoms with E-state index in [4.69, 9.17) is 14.2 Å². The summed E-state index contributed by atoms with van der Waals surface area (Å²) in [6, 6.07) is 0. The molecule has 0 saturated heterocycles. The number of hydrogen-bond acceptors (Lipinski definition) is 6. The van der Waals surface area contributed by atoms with Crippen molar-refractivity contribution < 1.29 is 28.6 Å². The van der Waals surface area contributed by atoms with Gasteiger partial charge in [-0.25, -0.2) is 0 Å². The lowest BCUT2D eigenvalue weighted by Gasteiger charge is -2.18. The lowest BCUT2D eigenvalue weighted by Crippen LogP contribution is -2.30. The van der Waals surface area contributed by atoms with Crippen molar-refractivity contribution in [3.63, 3.8) is 0 Å². The van der Waals surface area contributed by atoms with Crippen LogP contribution in [0, 0.1) is 0 Å². The number of hydrogen-bond donors (Lipinski definition) is 0. The van der Waals surface area contributed by atoms with Crippen LogP contribution in [0.3, 0.4) is 0 Å². The van der Waals surface area contributed by atoms with Gasteiger partial charge in [-0.1, -0.05) is 238 Å². The Morgan fingerprint density at radius 1 is 0.292 bits per heavy atom. The molecule has 0 aromatic rings. The molecule has 0 amide bonds. The first-order valence-corrected chi connectivity index (χ1v) is 29.2. The molecule has 0 radical (unpaired) electrons. The molecule has 6 nitrogen and oxygen atoms in total. The topological polar surface area (TPSA) is 78.9 Å². The van der Waals surface area contributed by atoms with E-state index < -0.39 is 6.10 Å². The zero-order chi connectivity index (χ0) is 52.2. The van der Waals surface area contributed by atoms with Crippen LogP contribution >= 0.6 is 0 Å². The second kappa shape index (κ2) is 59.1. The molecule has 406 valence electrons. The van der Waals surface area contributed by atoms with Gasteiger partial charge in [-0.15, -0.1) is 0 Å². The Labute approximate surface area is 443 Å². The molecule has 0 fully saturated rings. The highest BCUT2D eigenvalue weighted by Crippen LogP contribution is 2.13. The van der Waals surface area contributed by atoms with Crippen LogP contribution in [-0.4, -0.2) is 37.2 Å². The van der Waals surface area contributed by atoms with E-state index >= 15 is 0 Å². The number of allylic oxidation sites excluding steroid dienone is 22. The second-order valence-electron chi connectivity index (χ2n) is 18.8. The van der Waals surface area contributed by atoms with E-state index in [9.17, 15) is 14.4 Å². The highest BCUT2D eigenvalue weighted by Gasteiger charge is 2.19. The molecule has 0 heterocycles. The summed E-state index contributed by atoms with van der Waals surface area (Å²) < 4.78 is 16.7. The SMILES string of the molecule is CC/C=C\C/C=C\C/C=C\C/C=C\C/C=C\C/C=C\C/C=C\C/C=C\C/C=C\C/C=C\CCCCC(=O)OCC(COC(=O)CCCCCCCCCCC)OC(=O)CCCCCCC/C=C\CCCCC. The average molecular weight is 996 g/mol. The summed E-state index contributed by atoms with van der Waals surface area (Å²) in [5.41, 5.74) is 0. The molecule has 72 heavy (non-hydrogen) atoms. The summed E-state index contributed by atoms with van der Waals surface area (Å²) in [6.45, 7) is 6.42. The van der Waals surface area contributed by atoms with Crippen LogP contribution in [0.15, 0.2) is 134 Å². The van der Waals surface area contributed by atoms with Crippen LogP contribution < -0.4 is 0 Å². The van der Waals surface area contributed by atoms with Gasteiger partial charge in [-0.05, 0) is 122 Å². The van der Waals surface area contributed by atoms with Crippen LogP contribution in [0.25, 0.3) is 0 Å². The van der Waals surface area contributed by atoms with Gasteiger partial charge in [0, 0.05) is 19.3 Å². The van der Waals surface area contributed by atoms with Crippen LogP contribution in [0.5, 0.6) is 0 Å². The molecule has 0 aliphatic carbocycles. The van der Waals surface area contributed by atoms with E-state index in [0.717, 1.165) is 128 Å². The Kier molecular flexibility index (Phi) is 55.5. The monoisotopic (exact) mass is 995 g/mol. The third-order valence-electron chi connectivity index (χ3n) is 11.9. The van der Waals surface area contributed by atoms with Gasteiger partial charge in [0.1, 0.15) is 13.2 Å². The van der Waals surface area contributed by atoms with Crippen molar-refractivity contribution in [3.8, 4) is 0 Å². The van der Waals surface area contributed by atoms with Gasteiger partial charge in [0.05, 0.1) is 0 Å². The highest BCUT2D eigenvalue weighted by atomic mass is 16.6. The Morgan fingerprint density at radius 2 is 0.542 bits per heavy atom. The fourth-order valence-corrected chi connectivity index (χ4v) is 7.52. The van der Waals surface area contributed by atoms with Crippen molar-refractivity contribution in [2.75, 3.05) is 13.2 Å². The number of carbonyl (C=O) groups is 3. The van der Waals surface area contributed by atoms with Gasteiger partial charge in [-0.2, -0.15) is 0 Å². The number of rotatable bonds is 51. The molecule has 6 heteroatoms. The lowest BCUT2D eigenvalue weighted by molar-refractivity contribution is -0.167. The molecule has 0 aliphatic rings. The minimum absolute atomic E-state index is 0.0968. The lowest BCUT2D eigenvalue weighted by atomic mass is 10.1. The van der Waals surface area contributed by atoms with E-state index in [1.165, 1.54) is 70.6 Å². The first kappa shape index (κ1) is 67.5. The summed E-state index contributed by atoms with van der Waals surface area (Å²) in [4.78, 5) is 37.9. The average Bonchev–Trinajstić information content (AvgIpc) is 3.38. The molecule has 0 aliphatic heterocycles. The van der Waals surface area contributed by atoms with Crippen molar-refractivity contribution in [1.29, 1.82) is 0 Å². The van der Waals surface area contributed by atoms with Crippen molar-refractivity contribution in [2.45, 2.75) is 252 Å². The molecule has 1 unspecified atom stereocenters. The van der Waals surface area contributed by atoms with Crippen LogP contribution in [0.2, 0.25) is 0 Å². The summed E-state index contributed by atoms with van der Waals surface area (Å²) in [5.74, 6) is -0.960. The molecule has 1 atom stereocenters. The largest absolute Gasteiger partial charge is 0.462 e. The smallest absolute Gasteiger partial charge is 0.306 e. The second-order valence-corrected chi connectivity index (χ2v) is 18.8. The Balaban J connectivity index is 4.28. The quantitative estimate of drug-likeness (QED) is 0.0261. The predicted octanol–water partition coefficient (Wildman–Crippen LogP) is 19.8. The fraction of sp³-hybridized carbons (Fsp3) is 0.621. The summed E-state index contributed by atoms with van der Waals surface area (Å²) in [6.07, 6.45) is 83.2.